The topological polar surface area (TPSA) is 58.2 Å². The van der Waals surface area contributed by atoms with E-state index in [0.717, 1.165) is 10.4 Å². The molecule has 24 heavy (non-hydrogen) atoms. The van der Waals surface area contributed by atoms with Crippen molar-refractivity contribution in [3.05, 3.63) is 63.5 Å². The second-order valence-corrected chi connectivity index (χ2v) is 7.58. The lowest BCUT2D eigenvalue weighted by atomic mass is 10.1. The lowest BCUT2D eigenvalue weighted by molar-refractivity contribution is -0.119. The van der Waals surface area contributed by atoms with Crippen LogP contribution in [0, 0.1) is 6.92 Å². The van der Waals surface area contributed by atoms with Crippen LogP contribution in [0.2, 0.25) is 0 Å². The summed E-state index contributed by atoms with van der Waals surface area (Å²) in [5.74, 6) is -0.613. The van der Waals surface area contributed by atoms with Gasteiger partial charge in [0.25, 0.3) is 11.8 Å². The highest BCUT2D eigenvalue weighted by Gasteiger charge is 2.19. The molecule has 2 rings (SSSR count). The summed E-state index contributed by atoms with van der Waals surface area (Å²) < 4.78 is 0. The Morgan fingerprint density at radius 3 is 2.29 bits per heavy atom. The maximum Gasteiger partial charge on any atom is 0.268 e. The summed E-state index contributed by atoms with van der Waals surface area (Å²) in [7, 11) is 0. The van der Waals surface area contributed by atoms with Gasteiger partial charge in [0.05, 0.1) is 0 Å². The third-order valence-electron chi connectivity index (χ3n) is 3.12. The summed E-state index contributed by atoms with van der Waals surface area (Å²) >= 11 is 1.50. The summed E-state index contributed by atoms with van der Waals surface area (Å²) in [6.45, 7) is 7.65. The van der Waals surface area contributed by atoms with E-state index in [1.165, 1.54) is 11.3 Å². The number of hydrogen-bond acceptors (Lipinski definition) is 3. The quantitative estimate of drug-likeness (QED) is 0.832. The van der Waals surface area contributed by atoms with Gasteiger partial charge in [-0.2, -0.15) is 0 Å². The fourth-order valence-corrected chi connectivity index (χ4v) is 2.64. The highest BCUT2D eigenvalue weighted by molar-refractivity contribution is 7.10. The van der Waals surface area contributed by atoms with Crippen molar-refractivity contribution in [2.24, 2.45) is 0 Å². The van der Waals surface area contributed by atoms with E-state index in [2.05, 4.69) is 10.6 Å². The van der Waals surface area contributed by atoms with Crippen LogP contribution in [0.1, 0.15) is 41.6 Å². The van der Waals surface area contributed by atoms with E-state index in [1.807, 2.05) is 57.3 Å². The van der Waals surface area contributed by atoms with Crippen LogP contribution in [-0.4, -0.2) is 17.4 Å². The van der Waals surface area contributed by atoms with E-state index in [1.54, 1.807) is 18.2 Å². The highest BCUT2D eigenvalue weighted by Crippen LogP contribution is 2.14. The van der Waals surface area contributed by atoms with Gasteiger partial charge in [0.2, 0.25) is 0 Å². The van der Waals surface area contributed by atoms with Gasteiger partial charge >= 0.3 is 0 Å². The molecule has 2 N–H and O–H groups in total. The Morgan fingerprint density at radius 2 is 1.75 bits per heavy atom. The predicted octanol–water partition coefficient (Wildman–Crippen LogP) is 3.74. The zero-order valence-corrected chi connectivity index (χ0v) is 15.2. The molecule has 0 aliphatic heterocycles. The van der Waals surface area contributed by atoms with Gasteiger partial charge in [-0.15, -0.1) is 11.3 Å². The smallest absolute Gasteiger partial charge is 0.268 e. The Morgan fingerprint density at radius 1 is 1.08 bits per heavy atom. The molecule has 0 spiro atoms. The van der Waals surface area contributed by atoms with Crippen molar-refractivity contribution in [2.75, 3.05) is 0 Å². The Labute approximate surface area is 146 Å². The van der Waals surface area contributed by atoms with Crippen LogP contribution in [0.15, 0.2) is 47.5 Å². The van der Waals surface area contributed by atoms with Crippen molar-refractivity contribution in [2.45, 2.75) is 33.2 Å². The second kappa shape index (κ2) is 7.45. The van der Waals surface area contributed by atoms with Crippen molar-refractivity contribution in [3.8, 4) is 0 Å². The summed E-state index contributed by atoms with van der Waals surface area (Å²) in [5.41, 5.74) is 1.44. The van der Waals surface area contributed by atoms with Crippen LogP contribution >= 0.6 is 11.3 Å². The number of benzene rings is 1. The minimum atomic E-state index is -0.389. The summed E-state index contributed by atoms with van der Waals surface area (Å²) in [6.07, 6.45) is 1.69. The Kier molecular flexibility index (Phi) is 5.57. The molecule has 4 nitrogen and oxygen atoms in total. The van der Waals surface area contributed by atoms with Crippen LogP contribution in [0.5, 0.6) is 0 Å². The van der Waals surface area contributed by atoms with Crippen molar-refractivity contribution < 1.29 is 9.59 Å². The van der Waals surface area contributed by atoms with Gasteiger partial charge in [0, 0.05) is 16.0 Å². The Hall–Kier alpha value is -2.40. The van der Waals surface area contributed by atoms with Crippen LogP contribution in [-0.2, 0) is 4.79 Å². The van der Waals surface area contributed by atoms with Crippen molar-refractivity contribution in [1.82, 2.24) is 10.6 Å². The molecule has 0 unspecified atom stereocenters. The predicted molar refractivity (Wildman–Crippen MR) is 98.8 cm³/mol. The first-order chi connectivity index (χ1) is 11.2. The second-order valence-electron chi connectivity index (χ2n) is 6.60. The lowest BCUT2D eigenvalue weighted by Crippen LogP contribution is -2.44. The van der Waals surface area contributed by atoms with Gasteiger partial charge in [-0.05, 0) is 57.4 Å². The minimum absolute atomic E-state index is 0.234. The zero-order chi connectivity index (χ0) is 17.7. The van der Waals surface area contributed by atoms with Crippen LogP contribution in [0.3, 0.4) is 0 Å². The van der Waals surface area contributed by atoms with Crippen molar-refractivity contribution in [3.63, 3.8) is 0 Å². The van der Waals surface area contributed by atoms with E-state index in [9.17, 15) is 9.59 Å². The molecule has 1 aromatic carbocycles. The highest BCUT2D eigenvalue weighted by atomic mass is 32.1. The first kappa shape index (κ1) is 17.9. The van der Waals surface area contributed by atoms with E-state index in [0.29, 0.717) is 5.56 Å². The number of rotatable bonds is 4. The normalized spacial score (nSPS) is 11.9. The van der Waals surface area contributed by atoms with Crippen LogP contribution < -0.4 is 10.6 Å². The average molecular weight is 342 g/mol. The third-order valence-corrected chi connectivity index (χ3v) is 3.94. The first-order valence-electron chi connectivity index (χ1n) is 7.70. The van der Waals surface area contributed by atoms with Gasteiger partial charge in [0.1, 0.15) is 5.70 Å². The van der Waals surface area contributed by atoms with E-state index in [-0.39, 0.29) is 23.1 Å². The number of carbonyl (C=O) groups is 2. The maximum absolute atomic E-state index is 12.5. The maximum atomic E-state index is 12.5. The number of aryl methyl sites for hydroxylation is 1. The summed E-state index contributed by atoms with van der Waals surface area (Å²) in [4.78, 5) is 25.9. The van der Waals surface area contributed by atoms with Gasteiger partial charge < -0.3 is 10.6 Å². The fraction of sp³-hybridized carbons (Fsp3) is 0.263. The number of hydrogen-bond donors (Lipinski definition) is 2. The molecule has 0 saturated heterocycles. The largest absolute Gasteiger partial charge is 0.346 e. The van der Waals surface area contributed by atoms with Crippen molar-refractivity contribution >= 4 is 29.2 Å². The Bertz CT molecular complexity index is 739. The molecule has 0 aliphatic carbocycles. The van der Waals surface area contributed by atoms with Gasteiger partial charge in [-0.25, -0.2) is 0 Å². The molecule has 1 heterocycles. The molecular weight excluding hydrogens is 320 g/mol. The van der Waals surface area contributed by atoms with Gasteiger partial charge in [-0.3, -0.25) is 9.59 Å². The fourth-order valence-electron chi connectivity index (χ4n) is 1.98. The number of amides is 2. The molecule has 5 heteroatoms. The first-order valence-corrected chi connectivity index (χ1v) is 8.58. The zero-order valence-electron chi connectivity index (χ0n) is 14.3. The van der Waals surface area contributed by atoms with Crippen LogP contribution in [0.25, 0.3) is 6.08 Å². The minimum Gasteiger partial charge on any atom is -0.346 e. The molecule has 0 fully saturated rings. The molecule has 2 aromatic rings. The van der Waals surface area contributed by atoms with Crippen LogP contribution in [0.4, 0.5) is 0 Å². The monoisotopic (exact) mass is 342 g/mol. The lowest BCUT2D eigenvalue weighted by Gasteiger charge is -2.21. The molecule has 126 valence electrons. The van der Waals surface area contributed by atoms with E-state index in [4.69, 9.17) is 0 Å². The molecular formula is C19H22N2O2S. The SMILES string of the molecule is Cc1ccc(C(=O)N/C(=C\c2cccs2)C(=O)NC(C)(C)C)cc1. The van der Waals surface area contributed by atoms with Gasteiger partial charge in [0.15, 0.2) is 0 Å². The molecule has 2 amide bonds. The van der Waals surface area contributed by atoms with E-state index < -0.39 is 0 Å². The van der Waals surface area contributed by atoms with E-state index >= 15 is 0 Å². The van der Waals surface area contributed by atoms with Gasteiger partial charge in [-0.1, -0.05) is 23.8 Å². The molecule has 0 bridgehead atoms. The standard InChI is InChI=1S/C19H22N2O2S/c1-13-7-9-14(10-8-13)17(22)20-16(12-15-6-5-11-24-15)18(23)21-19(2,3)4/h5-12H,1-4H3,(H,20,22)(H,21,23)/b16-12-. The molecule has 0 radical (unpaired) electrons. The number of thiophene rings is 1. The molecule has 0 aliphatic rings. The molecule has 0 atom stereocenters. The third kappa shape index (κ3) is 5.35. The molecule has 1 aromatic heterocycles. The average Bonchev–Trinajstić information content (AvgIpc) is 2.98. The number of nitrogens with one attached hydrogen (secondary N) is 2. The molecule has 0 saturated carbocycles. The Balaban J connectivity index is 2.24. The summed E-state index contributed by atoms with van der Waals surface area (Å²) in [5, 5.41) is 7.53. The van der Waals surface area contributed by atoms with Crippen molar-refractivity contribution in [1.29, 1.82) is 0 Å². The summed E-state index contributed by atoms with van der Waals surface area (Å²) in [6, 6.07) is 11.0. The number of carbonyl (C=O) groups excluding carboxylic acids is 2.